The minimum atomic E-state index is -4.70. The third-order valence-corrected chi connectivity index (χ3v) is 6.94. The second-order valence-electron chi connectivity index (χ2n) is 9.84. The van der Waals surface area contributed by atoms with Gasteiger partial charge in [0, 0.05) is 11.7 Å². The highest BCUT2D eigenvalue weighted by Crippen LogP contribution is 2.41. The van der Waals surface area contributed by atoms with E-state index in [2.05, 4.69) is 17.4 Å². The van der Waals surface area contributed by atoms with Crippen molar-refractivity contribution < 1.29 is 27.9 Å². The number of hydrogen-bond donors (Lipinski definition) is 2. The molecule has 0 bridgehead atoms. The number of anilines is 1. The molecule has 2 N–H and O–H groups in total. The van der Waals surface area contributed by atoms with E-state index in [9.17, 15) is 27.9 Å². The summed E-state index contributed by atoms with van der Waals surface area (Å²) in [6.07, 6.45) is -1.02. The highest BCUT2D eigenvalue weighted by atomic mass is 19.4. The van der Waals surface area contributed by atoms with Crippen LogP contribution in [-0.4, -0.2) is 21.6 Å². The number of carboxylic acid groups (broad SMARTS) is 1. The van der Waals surface area contributed by atoms with Gasteiger partial charge < -0.3 is 15.0 Å². The first-order valence-electron chi connectivity index (χ1n) is 12.6. The van der Waals surface area contributed by atoms with Crippen LogP contribution in [0.3, 0.4) is 0 Å². The number of aliphatic carboxylic acids is 1. The van der Waals surface area contributed by atoms with Crippen molar-refractivity contribution in [2.75, 3.05) is 5.32 Å². The standard InChI is InChI=1S/C29H31F3N2O3/c1-18(2)34-21(12-6-10-19-8-4-3-5-9-19)14-15-26(34)27(35)33-25-17-23-20(16-24(25)29(30,31)32)11-7-13-22(23)28(36)37/h3-5,8-9,14-18,22H,6-7,10-13H2,1-2H3,(H,33,35)(H,36,37). The number of carboxylic acids is 1. The Balaban J connectivity index is 1.61. The van der Waals surface area contributed by atoms with Gasteiger partial charge in [0.25, 0.3) is 5.91 Å². The number of nitrogens with zero attached hydrogens (tertiary/aromatic N) is 1. The smallest absolute Gasteiger partial charge is 0.418 e. The zero-order valence-corrected chi connectivity index (χ0v) is 20.9. The lowest BCUT2D eigenvalue weighted by atomic mass is 9.81. The maximum atomic E-state index is 13.9. The predicted molar refractivity (Wildman–Crippen MR) is 136 cm³/mol. The van der Waals surface area contributed by atoms with E-state index >= 15 is 0 Å². The lowest BCUT2D eigenvalue weighted by molar-refractivity contribution is -0.139. The van der Waals surface area contributed by atoms with Crippen molar-refractivity contribution in [3.63, 3.8) is 0 Å². The largest absolute Gasteiger partial charge is 0.481 e. The fourth-order valence-electron chi connectivity index (χ4n) is 5.24. The Labute approximate surface area is 214 Å². The van der Waals surface area contributed by atoms with Gasteiger partial charge in [-0.25, -0.2) is 0 Å². The number of aryl methyl sites for hydroxylation is 3. The first-order chi connectivity index (χ1) is 17.6. The van der Waals surface area contributed by atoms with Gasteiger partial charge in [-0.1, -0.05) is 30.3 Å². The zero-order valence-electron chi connectivity index (χ0n) is 20.9. The van der Waals surface area contributed by atoms with Crippen LogP contribution in [0.2, 0.25) is 0 Å². The van der Waals surface area contributed by atoms with E-state index in [1.807, 2.05) is 42.7 Å². The number of amides is 1. The molecule has 0 spiro atoms. The molecule has 0 saturated carbocycles. The number of hydrogen-bond acceptors (Lipinski definition) is 2. The lowest BCUT2D eigenvalue weighted by Gasteiger charge is -2.26. The van der Waals surface area contributed by atoms with Crippen molar-refractivity contribution in [3.8, 4) is 0 Å². The Morgan fingerprint density at radius 1 is 1.08 bits per heavy atom. The topological polar surface area (TPSA) is 71.3 Å². The number of rotatable bonds is 8. The maximum absolute atomic E-state index is 13.9. The molecule has 1 amide bonds. The van der Waals surface area contributed by atoms with Gasteiger partial charge >= 0.3 is 12.1 Å². The summed E-state index contributed by atoms with van der Waals surface area (Å²) < 4.78 is 43.7. The summed E-state index contributed by atoms with van der Waals surface area (Å²) in [6, 6.07) is 15.7. The van der Waals surface area contributed by atoms with Gasteiger partial charge in [-0.15, -0.1) is 0 Å². The monoisotopic (exact) mass is 512 g/mol. The molecule has 0 saturated heterocycles. The Kier molecular flexibility index (Phi) is 7.76. The SMILES string of the molecule is CC(C)n1c(CCCc2ccccc2)ccc1C(=O)Nc1cc2c(cc1C(F)(F)F)CCCC2C(=O)O. The number of carbonyl (C=O) groups is 2. The Hall–Kier alpha value is -3.55. The van der Waals surface area contributed by atoms with E-state index in [0.717, 1.165) is 24.6 Å². The fourth-order valence-corrected chi connectivity index (χ4v) is 5.24. The molecule has 1 atom stereocenters. The fraction of sp³-hybridized carbons (Fsp3) is 0.379. The zero-order chi connectivity index (χ0) is 26.7. The molecule has 4 rings (SSSR count). The summed E-state index contributed by atoms with van der Waals surface area (Å²) in [5.41, 5.74) is 1.75. The summed E-state index contributed by atoms with van der Waals surface area (Å²) >= 11 is 0. The van der Waals surface area contributed by atoms with Crippen LogP contribution in [0.15, 0.2) is 54.6 Å². The van der Waals surface area contributed by atoms with Gasteiger partial charge in [-0.05, 0) is 93.3 Å². The highest BCUT2D eigenvalue weighted by Gasteiger charge is 2.37. The molecule has 196 valence electrons. The molecule has 3 aromatic rings. The molecule has 1 aliphatic rings. The molecule has 8 heteroatoms. The van der Waals surface area contributed by atoms with E-state index in [0.29, 0.717) is 36.8 Å². The van der Waals surface area contributed by atoms with Crippen molar-refractivity contribution >= 4 is 17.6 Å². The molecule has 0 radical (unpaired) electrons. The molecule has 2 aromatic carbocycles. The number of aromatic nitrogens is 1. The first-order valence-corrected chi connectivity index (χ1v) is 12.6. The highest BCUT2D eigenvalue weighted by molar-refractivity contribution is 6.04. The summed E-state index contributed by atoms with van der Waals surface area (Å²) in [5.74, 6) is -2.62. The van der Waals surface area contributed by atoms with Crippen molar-refractivity contribution in [1.82, 2.24) is 4.57 Å². The van der Waals surface area contributed by atoms with Gasteiger partial charge in [0.2, 0.25) is 0 Å². The van der Waals surface area contributed by atoms with Crippen LogP contribution in [0.5, 0.6) is 0 Å². The van der Waals surface area contributed by atoms with Crippen LogP contribution < -0.4 is 5.32 Å². The molecule has 5 nitrogen and oxygen atoms in total. The number of carbonyl (C=O) groups excluding carboxylic acids is 1. The molecule has 1 heterocycles. The molecular weight excluding hydrogens is 481 g/mol. The average Bonchev–Trinajstić information content (AvgIpc) is 3.27. The van der Waals surface area contributed by atoms with E-state index < -0.39 is 35.2 Å². The predicted octanol–water partition coefficient (Wildman–Crippen LogP) is 7.02. The van der Waals surface area contributed by atoms with Gasteiger partial charge in [0.15, 0.2) is 0 Å². The molecule has 1 aliphatic carbocycles. The third-order valence-electron chi connectivity index (χ3n) is 6.94. The number of alkyl halides is 3. The van der Waals surface area contributed by atoms with Gasteiger partial charge in [0.1, 0.15) is 5.69 Å². The van der Waals surface area contributed by atoms with Gasteiger partial charge in [-0.3, -0.25) is 9.59 Å². The van der Waals surface area contributed by atoms with Crippen LogP contribution >= 0.6 is 0 Å². The minimum Gasteiger partial charge on any atom is -0.481 e. The third kappa shape index (κ3) is 5.89. The van der Waals surface area contributed by atoms with Crippen LogP contribution in [0.1, 0.15) is 83.5 Å². The number of benzene rings is 2. The van der Waals surface area contributed by atoms with Crippen molar-refractivity contribution in [2.24, 2.45) is 0 Å². The molecule has 0 aliphatic heterocycles. The van der Waals surface area contributed by atoms with Crippen LogP contribution in [0, 0.1) is 0 Å². The molecule has 1 unspecified atom stereocenters. The van der Waals surface area contributed by atoms with E-state index in [-0.39, 0.29) is 11.7 Å². The lowest BCUT2D eigenvalue weighted by Crippen LogP contribution is -2.24. The average molecular weight is 513 g/mol. The second kappa shape index (κ2) is 10.8. The normalized spacial score (nSPS) is 15.5. The Morgan fingerprint density at radius 3 is 2.46 bits per heavy atom. The van der Waals surface area contributed by atoms with Crippen molar-refractivity contribution in [1.29, 1.82) is 0 Å². The van der Waals surface area contributed by atoms with Gasteiger partial charge in [0.05, 0.1) is 17.2 Å². The summed E-state index contributed by atoms with van der Waals surface area (Å²) in [4.78, 5) is 25.0. The summed E-state index contributed by atoms with van der Waals surface area (Å²) in [6.45, 7) is 3.85. The van der Waals surface area contributed by atoms with E-state index in [4.69, 9.17) is 0 Å². The minimum absolute atomic E-state index is 0.0792. The van der Waals surface area contributed by atoms with E-state index in [1.165, 1.54) is 11.6 Å². The van der Waals surface area contributed by atoms with Crippen LogP contribution in [-0.2, 0) is 30.2 Å². The molecule has 0 fully saturated rings. The van der Waals surface area contributed by atoms with Gasteiger partial charge in [-0.2, -0.15) is 13.2 Å². The quantitative estimate of drug-likeness (QED) is 0.341. The summed E-state index contributed by atoms with van der Waals surface area (Å²) in [7, 11) is 0. The molecular formula is C29H31F3N2O3. The maximum Gasteiger partial charge on any atom is 0.418 e. The number of fused-ring (bicyclic) bond motifs is 1. The first kappa shape index (κ1) is 26.5. The van der Waals surface area contributed by atoms with Crippen molar-refractivity contribution in [2.45, 2.75) is 70.5 Å². The van der Waals surface area contributed by atoms with Crippen LogP contribution in [0.4, 0.5) is 18.9 Å². The summed E-state index contributed by atoms with van der Waals surface area (Å²) in [5, 5.41) is 12.1. The number of halogens is 3. The second-order valence-corrected chi connectivity index (χ2v) is 9.84. The van der Waals surface area contributed by atoms with Crippen molar-refractivity contribution in [3.05, 3.63) is 88.2 Å². The van der Waals surface area contributed by atoms with E-state index in [1.54, 1.807) is 6.07 Å². The Bertz CT molecular complexity index is 1280. The number of nitrogens with one attached hydrogen (secondary N) is 1. The Morgan fingerprint density at radius 2 is 1.81 bits per heavy atom. The molecule has 1 aromatic heterocycles. The molecule has 37 heavy (non-hydrogen) atoms. The van der Waals surface area contributed by atoms with Crippen LogP contribution in [0.25, 0.3) is 0 Å².